The van der Waals surface area contributed by atoms with Crippen LogP contribution in [0, 0.1) is 0 Å². The van der Waals surface area contributed by atoms with Crippen LogP contribution >= 0.6 is 0 Å². The molecule has 0 aliphatic carbocycles. The van der Waals surface area contributed by atoms with Gasteiger partial charge in [0, 0.05) is 11.6 Å². The maximum atomic E-state index is 13.7. The van der Waals surface area contributed by atoms with Gasteiger partial charge in [0.1, 0.15) is 0 Å². The van der Waals surface area contributed by atoms with Crippen molar-refractivity contribution in [3.63, 3.8) is 0 Å². The zero-order chi connectivity index (χ0) is 26.7. The first-order valence-electron chi connectivity index (χ1n) is 12.5. The van der Waals surface area contributed by atoms with Crippen molar-refractivity contribution in [2.75, 3.05) is 4.90 Å². The Morgan fingerprint density at radius 2 is 1.45 bits per heavy atom. The van der Waals surface area contributed by atoms with Crippen molar-refractivity contribution < 1.29 is 18.0 Å². The molecule has 4 aromatic carbocycles. The maximum absolute atomic E-state index is 13.7. The number of hydrogen-bond donors (Lipinski definition) is 1. The van der Waals surface area contributed by atoms with E-state index in [1.165, 1.54) is 40.8 Å². The lowest BCUT2D eigenvalue weighted by molar-refractivity contribution is 0.0935. The third-order valence-corrected chi connectivity index (χ3v) is 8.58. The van der Waals surface area contributed by atoms with Crippen LogP contribution in [0.2, 0.25) is 0 Å². The SMILES string of the molecule is C[C@H](CCc1ccccc1)NC(=O)c1ccc2c(c1)N(Cc1ccccc1)C(=O)c1ccccc1S2(=O)=O. The van der Waals surface area contributed by atoms with Gasteiger partial charge in [-0.1, -0.05) is 72.8 Å². The Kier molecular flexibility index (Phi) is 7.11. The third kappa shape index (κ3) is 5.10. The standard InChI is InChI=1S/C31H28N2O4S/c1-22(16-17-23-10-4-2-5-11-23)32-30(34)25-18-19-29-27(20-25)33(21-24-12-6-3-7-13-24)31(35)26-14-8-9-15-28(26)38(29,36)37/h2-15,18-20,22H,16-17,21H2,1H3,(H,32,34)/t22-/m1/s1. The lowest BCUT2D eigenvalue weighted by atomic mass is 10.1. The molecule has 4 aromatic rings. The summed E-state index contributed by atoms with van der Waals surface area (Å²) in [6, 6.07) is 30.0. The van der Waals surface area contributed by atoms with E-state index in [-0.39, 0.29) is 39.5 Å². The van der Waals surface area contributed by atoms with Gasteiger partial charge in [0.2, 0.25) is 9.84 Å². The van der Waals surface area contributed by atoms with Crippen molar-refractivity contribution in [1.29, 1.82) is 0 Å². The van der Waals surface area contributed by atoms with Gasteiger partial charge in [-0.25, -0.2) is 8.42 Å². The summed E-state index contributed by atoms with van der Waals surface area (Å²) in [5.74, 6) is -0.750. The van der Waals surface area contributed by atoms with Crippen LogP contribution in [0.15, 0.2) is 113 Å². The van der Waals surface area contributed by atoms with Gasteiger partial charge in [0.05, 0.1) is 27.6 Å². The van der Waals surface area contributed by atoms with Gasteiger partial charge >= 0.3 is 0 Å². The van der Waals surface area contributed by atoms with Crippen LogP contribution in [-0.4, -0.2) is 26.3 Å². The number of amides is 2. The molecule has 1 N–H and O–H groups in total. The van der Waals surface area contributed by atoms with E-state index < -0.39 is 15.7 Å². The minimum absolute atomic E-state index is 0.000377. The van der Waals surface area contributed by atoms with Crippen LogP contribution in [0.3, 0.4) is 0 Å². The van der Waals surface area contributed by atoms with Gasteiger partial charge in [-0.05, 0) is 61.2 Å². The van der Waals surface area contributed by atoms with Gasteiger partial charge < -0.3 is 10.2 Å². The molecule has 192 valence electrons. The van der Waals surface area contributed by atoms with Crippen molar-refractivity contribution in [2.45, 2.75) is 42.1 Å². The van der Waals surface area contributed by atoms with Crippen LogP contribution in [0.25, 0.3) is 0 Å². The lowest BCUT2D eigenvalue weighted by Gasteiger charge is -2.24. The number of rotatable bonds is 7. The number of fused-ring (bicyclic) bond motifs is 2. The van der Waals surface area contributed by atoms with E-state index in [0.29, 0.717) is 5.56 Å². The first-order valence-corrected chi connectivity index (χ1v) is 14.0. The van der Waals surface area contributed by atoms with Gasteiger partial charge in [-0.2, -0.15) is 0 Å². The van der Waals surface area contributed by atoms with Crippen molar-refractivity contribution in [3.05, 3.63) is 125 Å². The minimum atomic E-state index is -3.99. The number of benzene rings is 4. The fourth-order valence-electron chi connectivity index (χ4n) is 4.68. The molecule has 5 rings (SSSR count). The molecule has 0 radical (unpaired) electrons. The predicted molar refractivity (Wildman–Crippen MR) is 147 cm³/mol. The van der Waals surface area contributed by atoms with Crippen LogP contribution in [0.5, 0.6) is 0 Å². The van der Waals surface area contributed by atoms with E-state index in [4.69, 9.17) is 0 Å². The number of sulfone groups is 1. The average Bonchev–Trinajstić information content (AvgIpc) is 3.01. The summed E-state index contributed by atoms with van der Waals surface area (Å²) >= 11 is 0. The van der Waals surface area contributed by atoms with E-state index in [9.17, 15) is 18.0 Å². The molecule has 0 saturated carbocycles. The van der Waals surface area contributed by atoms with E-state index in [0.717, 1.165) is 18.4 Å². The molecule has 7 heteroatoms. The summed E-state index contributed by atoms with van der Waals surface area (Å²) in [7, 11) is -3.99. The van der Waals surface area contributed by atoms with Crippen LogP contribution in [0.4, 0.5) is 5.69 Å². The molecule has 0 bridgehead atoms. The molecule has 1 aliphatic rings. The zero-order valence-electron chi connectivity index (χ0n) is 21.0. The topological polar surface area (TPSA) is 83.6 Å². The van der Waals surface area contributed by atoms with E-state index in [1.807, 2.05) is 55.5 Å². The Morgan fingerprint density at radius 3 is 2.16 bits per heavy atom. The van der Waals surface area contributed by atoms with Crippen LogP contribution < -0.4 is 10.2 Å². The van der Waals surface area contributed by atoms with Crippen molar-refractivity contribution >= 4 is 27.3 Å². The monoisotopic (exact) mass is 524 g/mol. The van der Waals surface area contributed by atoms with Crippen molar-refractivity contribution in [2.24, 2.45) is 0 Å². The smallest absolute Gasteiger partial charge is 0.259 e. The van der Waals surface area contributed by atoms with E-state index in [2.05, 4.69) is 17.4 Å². The third-order valence-electron chi connectivity index (χ3n) is 6.72. The molecule has 0 fully saturated rings. The molecule has 6 nitrogen and oxygen atoms in total. The summed E-state index contributed by atoms with van der Waals surface area (Å²) in [5, 5.41) is 3.01. The molecule has 1 atom stereocenters. The van der Waals surface area contributed by atoms with Gasteiger partial charge in [-0.3, -0.25) is 9.59 Å². The first kappa shape index (κ1) is 25.4. The predicted octanol–water partition coefficient (Wildman–Crippen LogP) is 5.43. The maximum Gasteiger partial charge on any atom is 0.259 e. The van der Waals surface area contributed by atoms with Crippen molar-refractivity contribution in [1.82, 2.24) is 5.32 Å². The molecule has 1 heterocycles. The van der Waals surface area contributed by atoms with Crippen LogP contribution in [0.1, 0.15) is 45.2 Å². The van der Waals surface area contributed by atoms with Gasteiger partial charge in [-0.15, -0.1) is 0 Å². The second-order valence-electron chi connectivity index (χ2n) is 9.46. The van der Waals surface area contributed by atoms with Crippen molar-refractivity contribution in [3.8, 4) is 0 Å². The molecule has 38 heavy (non-hydrogen) atoms. The summed E-state index contributed by atoms with van der Waals surface area (Å²) < 4.78 is 27.3. The summed E-state index contributed by atoms with van der Waals surface area (Å²) in [5.41, 5.74) is 2.63. The highest BCUT2D eigenvalue weighted by atomic mass is 32.2. The number of nitrogens with one attached hydrogen (secondary N) is 1. The van der Waals surface area contributed by atoms with Gasteiger partial charge in [0.25, 0.3) is 11.8 Å². The summed E-state index contributed by atoms with van der Waals surface area (Å²) in [4.78, 5) is 28.3. The number of carbonyl (C=O) groups excluding carboxylic acids is 2. The molecular formula is C31H28N2O4S. The normalized spacial score (nSPS) is 14.7. The Hall–Kier alpha value is -4.23. The highest BCUT2D eigenvalue weighted by Crippen LogP contribution is 2.38. The lowest BCUT2D eigenvalue weighted by Crippen LogP contribution is -2.33. The largest absolute Gasteiger partial charge is 0.350 e. The first-order chi connectivity index (χ1) is 18.3. The molecular weight excluding hydrogens is 496 g/mol. The highest BCUT2D eigenvalue weighted by molar-refractivity contribution is 7.91. The average molecular weight is 525 g/mol. The molecule has 0 spiro atoms. The number of anilines is 1. The highest BCUT2D eigenvalue weighted by Gasteiger charge is 2.36. The van der Waals surface area contributed by atoms with Gasteiger partial charge in [0.15, 0.2) is 0 Å². The molecule has 1 aliphatic heterocycles. The second-order valence-corrected chi connectivity index (χ2v) is 11.3. The number of aryl methyl sites for hydroxylation is 1. The fraction of sp³-hybridized carbons (Fsp3) is 0.161. The molecule has 0 aromatic heterocycles. The Morgan fingerprint density at radius 1 is 0.816 bits per heavy atom. The quantitative estimate of drug-likeness (QED) is 0.349. The Balaban J connectivity index is 1.49. The Labute approximate surface area is 222 Å². The van der Waals surface area contributed by atoms with E-state index >= 15 is 0 Å². The summed E-state index contributed by atoms with van der Waals surface area (Å²) in [6.45, 7) is 2.10. The van der Waals surface area contributed by atoms with Crippen LogP contribution in [-0.2, 0) is 22.8 Å². The zero-order valence-corrected chi connectivity index (χ0v) is 21.8. The van der Waals surface area contributed by atoms with E-state index in [1.54, 1.807) is 12.1 Å². The summed E-state index contributed by atoms with van der Waals surface area (Å²) in [6.07, 6.45) is 1.57. The molecule has 2 amide bonds. The number of nitrogens with zero attached hydrogens (tertiary/aromatic N) is 1. The second kappa shape index (κ2) is 10.6. The number of hydrogen-bond acceptors (Lipinski definition) is 4. The molecule has 0 saturated heterocycles. The fourth-order valence-corrected chi connectivity index (χ4v) is 6.31. The number of carbonyl (C=O) groups is 2. The molecule has 0 unspecified atom stereocenters. The Bertz CT molecular complexity index is 1580. The minimum Gasteiger partial charge on any atom is -0.350 e.